The van der Waals surface area contributed by atoms with Gasteiger partial charge in [-0.15, -0.1) is 21.5 Å². The van der Waals surface area contributed by atoms with Crippen LogP contribution in [0.3, 0.4) is 0 Å². The number of hydrogen-bond acceptors (Lipinski definition) is 4. The lowest BCUT2D eigenvalue weighted by atomic mass is 10.1. The highest BCUT2D eigenvalue weighted by Gasteiger charge is 2.13. The molecule has 2 aromatic rings. The van der Waals surface area contributed by atoms with E-state index in [2.05, 4.69) is 54.7 Å². The molecule has 0 aliphatic heterocycles. The van der Waals surface area contributed by atoms with Gasteiger partial charge in [0.2, 0.25) is 0 Å². The van der Waals surface area contributed by atoms with Crippen molar-refractivity contribution in [1.29, 1.82) is 0 Å². The van der Waals surface area contributed by atoms with Crippen LogP contribution >= 0.6 is 11.3 Å². The highest BCUT2D eigenvalue weighted by molar-refractivity contribution is 7.13. The molecule has 0 aliphatic rings. The van der Waals surface area contributed by atoms with Crippen molar-refractivity contribution in [3.63, 3.8) is 0 Å². The van der Waals surface area contributed by atoms with E-state index in [1.54, 1.807) is 11.3 Å². The summed E-state index contributed by atoms with van der Waals surface area (Å²) in [6.07, 6.45) is 1.09. The second kappa shape index (κ2) is 5.48. The smallest absolute Gasteiger partial charge is 0.151 e. The molecule has 3 nitrogen and oxygen atoms in total. The second-order valence-corrected chi connectivity index (χ2v) is 5.42. The topological polar surface area (TPSA) is 37.8 Å². The second-order valence-electron chi connectivity index (χ2n) is 4.51. The van der Waals surface area contributed by atoms with Crippen LogP contribution in [0.15, 0.2) is 11.4 Å². The molecule has 0 saturated carbocycles. The third kappa shape index (κ3) is 2.38. The summed E-state index contributed by atoms with van der Waals surface area (Å²) in [5.74, 6) is 0.910. The van der Waals surface area contributed by atoms with Crippen molar-refractivity contribution in [2.75, 3.05) is 11.9 Å². The molecule has 2 rings (SSSR count). The van der Waals surface area contributed by atoms with E-state index >= 15 is 0 Å². The molecule has 0 unspecified atom stereocenters. The van der Waals surface area contributed by atoms with Crippen molar-refractivity contribution in [1.82, 2.24) is 10.2 Å². The Kier molecular flexibility index (Phi) is 3.97. The van der Waals surface area contributed by atoms with Gasteiger partial charge in [-0.25, -0.2) is 0 Å². The molecular formula is C14H19N3S. The van der Waals surface area contributed by atoms with Crippen molar-refractivity contribution in [3.8, 4) is 10.6 Å². The molecule has 96 valence electrons. The number of nitrogens with one attached hydrogen (secondary N) is 1. The quantitative estimate of drug-likeness (QED) is 0.905. The standard InChI is InChI=1S/C14H19N3S/c1-5-7-15-14-11(4)10(3)12(16-17-14)13-9(2)6-8-18-13/h6,8H,5,7H2,1-4H3,(H,15,17). The largest absolute Gasteiger partial charge is 0.368 e. The maximum atomic E-state index is 4.39. The first kappa shape index (κ1) is 13.0. The van der Waals surface area contributed by atoms with Crippen LogP contribution in [0.4, 0.5) is 5.82 Å². The normalized spacial score (nSPS) is 10.7. The summed E-state index contributed by atoms with van der Waals surface area (Å²) < 4.78 is 0. The van der Waals surface area contributed by atoms with E-state index in [9.17, 15) is 0 Å². The first-order chi connectivity index (χ1) is 8.65. The van der Waals surface area contributed by atoms with Gasteiger partial charge in [-0.1, -0.05) is 6.92 Å². The van der Waals surface area contributed by atoms with E-state index < -0.39 is 0 Å². The Labute approximate surface area is 112 Å². The zero-order chi connectivity index (χ0) is 13.1. The molecule has 2 heterocycles. The lowest BCUT2D eigenvalue weighted by Crippen LogP contribution is -2.07. The summed E-state index contributed by atoms with van der Waals surface area (Å²) in [4.78, 5) is 1.23. The molecule has 0 saturated heterocycles. The van der Waals surface area contributed by atoms with Gasteiger partial charge in [0.25, 0.3) is 0 Å². The number of nitrogens with zero attached hydrogens (tertiary/aromatic N) is 2. The Bertz CT molecular complexity index is 546. The average molecular weight is 261 g/mol. The van der Waals surface area contributed by atoms with Gasteiger partial charge in [0.15, 0.2) is 5.82 Å². The molecule has 4 heteroatoms. The maximum absolute atomic E-state index is 4.39. The fraction of sp³-hybridized carbons (Fsp3) is 0.429. The van der Waals surface area contributed by atoms with Gasteiger partial charge in [0.1, 0.15) is 5.69 Å². The van der Waals surface area contributed by atoms with Crippen LogP contribution in [0.5, 0.6) is 0 Å². The van der Waals surface area contributed by atoms with Crippen LogP contribution in [0, 0.1) is 20.8 Å². The third-order valence-corrected chi connectivity index (χ3v) is 4.17. The molecule has 0 aliphatic carbocycles. The van der Waals surface area contributed by atoms with Crippen molar-refractivity contribution >= 4 is 17.2 Å². The lowest BCUT2D eigenvalue weighted by molar-refractivity contribution is 0.933. The fourth-order valence-electron chi connectivity index (χ4n) is 1.85. The molecule has 0 radical (unpaired) electrons. The molecule has 2 aromatic heterocycles. The Balaban J connectivity index is 2.41. The van der Waals surface area contributed by atoms with Crippen LogP contribution in [0.25, 0.3) is 10.6 Å². The van der Waals surface area contributed by atoms with Gasteiger partial charge in [0.05, 0.1) is 4.88 Å². The molecule has 0 atom stereocenters. The van der Waals surface area contributed by atoms with E-state index in [0.29, 0.717) is 0 Å². The number of thiophene rings is 1. The first-order valence-corrected chi connectivity index (χ1v) is 7.15. The van der Waals surface area contributed by atoms with Crippen LogP contribution in [0.2, 0.25) is 0 Å². The predicted molar refractivity (Wildman–Crippen MR) is 78.3 cm³/mol. The predicted octanol–water partition coefficient (Wildman–Crippen LogP) is 3.95. The minimum absolute atomic E-state index is 0.910. The zero-order valence-corrected chi connectivity index (χ0v) is 12.2. The van der Waals surface area contributed by atoms with Crippen molar-refractivity contribution in [2.24, 2.45) is 0 Å². The number of anilines is 1. The van der Waals surface area contributed by atoms with Crippen LogP contribution in [-0.2, 0) is 0 Å². The number of aromatic nitrogens is 2. The molecule has 0 spiro atoms. The maximum Gasteiger partial charge on any atom is 0.151 e. The minimum atomic E-state index is 0.910. The van der Waals surface area contributed by atoms with Crippen LogP contribution < -0.4 is 5.32 Å². The summed E-state index contributed by atoms with van der Waals surface area (Å²) in [6.45, 7) is 9.42. The van der Waals surface area contributed by atoms with Crippen LogP contribution in [0.1, 0.15) is 30.0 Å². The molecule has 1 N–H and O–H groups in total. The Morgan fingerprint density at radius 3 is 2.56 bits per heavy atom. The summed E-state index contributed by atoms with van der Waals surface area (Å²) in [7, 11) is 0. The van der Waals surface area contributed by atoms with E-state index in [1.165, 1.54) is 21.6 Å². The summed E-state index contributed by atoms with van der Waals surface area (Å²) in [6, 6.07) is 2.12. The van der Waals surface area contributed by atoms with E-state index in [-0.39, 0.29) is 0 Å². The summed E-state index contributed by atoms with van der Waals surface area (Å²) >= 11 is 1.73. The summed E-state index contributed by atoms with van der Waals surface area (Å²) in [5, 5.41) is 14.1. The molecule has 0 amide bonds. The molecular weight excluding hydrogens is 242 g/mol. The molecule has 0 fully saturated rings. The van der Waals surface area contributed by atoms with Crippen molar-refractivity contribution in [3.05, 3.63) is 28.1 Å². The summed E-state index contributed by atoms with van der Waals surface area (Å²) in [5.41, 5.74) is 4.70. The van der Waals surface area contributed by atoms with Gasteiger partial charge in [-0.2, -0.15) is 0 Å². The Morgan fingerprint density at radius 1 is 1.17 bits per heavy atom. The molecule has 0 bridgehead atoms. The van der Waals surface area contributed by atoms with Crippen molar-refractivity contribution < 1.29 is 0 Å². The monoisotopic (exact) mass is 261 g/mol. The third-order valence-electron chi connectivity index (χ3n) is 3.14. The Morgan fingerprint density at radius 2 is 1.94 bits per heavy atom. The Hall–Kier alpha value is -1.42. The fourth-order valence-corrected chi connectivity index (χ4v) is 2.82. The van der Waals surface area contributed by atoms with Crippen LogP contribution in [-0.4, -0.2) is 16.7 Å². The molecule has 18 heavy (non-hydrogen) atoms. The zero-order valence-electron chi connectivity index (χ0n) is 11.4. The van der Waals surface area contributed by atoms with E-state index in [0.717, 1.165) is 24.5 Å². The van der Waals surface area contributed by atoms with Crippen molar-refractivity contribution in [2.45, 2.75) is 34.1 Å². The van der Waals surface area contributed by atoms with Gasteiger partial charge < -0.3 is 5.32 Å². The lowest BCUT2D eigenvalue weighted by Gasteiger charge is -2.12. The first-order valence-electron chi connectivity index (χ1n) is 6.27. The number of hydrogen-bond donors (Lipinski definition) is 1. The van der Waals surface area contributed by atoms with E-state index in [4.69, 9.17) is 0 Å². The number of aryl methyl sites for hydroxylation is 1. The highest BCUT2D eigenvalue weighted by atomic mass is 32.1. The van der Waals surface area contributed by atoms with Gasteiger partial charge >= 0.3 is 0 Å². The van der Waals surface area contributed by atoms with Gasteiger partial charge in [0, 0.05) is 6.54 Å². The van der Waals surface area contributed by atoms with E-state index in [1.807, 2.05) is 0 Å². The number of rotatable bonds is 4. The minimum Gasteiger partial charge on any atom is -0.368 e. The highest BCUT2D eigenvalue weighted by Crippen LogP contribution is 2.31. The average Bonchev–Trinajstić information content (AvgIpc) is 2.77. The van der Waals surface area contributed by atoms with Gasteiger partial charge in [-0.05, 0) is 55.3 Å². The molecule has 0 aromatic carbocycles. The SMILES string of the molecule is CCCNc1nnc(-c2sccc2C)c(C)c1C. The van der Waals surface area contributed by atoms with Gasteiger partial charge in [-0.3, -0.25) is 0 Å².